The maximum atomic E-state index is 12.0. The lowest BCUT2D eigenvalue weighted by Gasteiger charge is -2.27. The van der Waals surface area contributed by atoms with Crippen LogP contribution in [0.5, 0.6) is 0 Å². The van der Waals surface area contributed by atoms with Gasteiger partial charge in [-0.2, -0.15) is 0 Å². The number of ether oxygens (including phenoxy) is 1. The number of aliphatic imine (C=N–C) groups is 1. The highest BCUT2D eigenvalue weighted by molar-refractivity contribution is 5.94. The van der Waals surface area contributed by atoms with E-state index >= 15 is 0 Å². The average Bonchev–Trinajstić information content (AvgIpc) is 2.65. The molecule has 0 spiro atoms. The molecule has 1 aliphatic rings. The van der Waals surface area contributed by atoms with E-state index < -0.39 is 0 Å². The third kappa shape index (κ3) is 6.84. The summed E-state index contributed by atoms with van der Waals surface area (Å²) in [6.45, 7) is 5.04. The normalized spacial score (nSPS) is 18.0. The van der Waals surface area contributed by atoms with Crippen LogP contribution in [0.1, 0.15) is 31.2 Å². The number of fused-ring (bicyclic) bond motifs is 1. The van der Waals surface area contributed by atoms with E-state index in [0.29, 0.717) is 26.1 Å². The van der Waals surface area contributed by atoms with Gasteiger partial charge in [-0.05, 0) is 39.1 Å². The van der Waals surface area contributed by atoms with Crippen molar-refractivity contribution in [1.82, 2.24) is 15.5 Å². The van der Waals surface area contributed by atoms with Gasteiger partial charge in [0.05, 0.1) is 6.10 Å². The van der Waals surface area contributed by atoms with E-state index in [0.717, 1.165) is 24.6 Å². The number of hydrogen-bond donors (Lipinski definition) is 3. The summed E-state index contributed by atoms with van der Waals surface area (Å²) >= 11 is 0. The Morgan fingerprint density at radius 2 is 2.15 bits per heavy atom. The number of nitrogens with zero attached hydrogens (tertiary/aromatic N) is 2. The maximum absolute atomic E-state index is 12.0. The molecule has 1 amide bonds. The van der Waals surface area contributed by atoms with Crippen LogP contribution in [0.4, 0.5) is 5.69 Å². The van der Waals surface area contributed by atoms with Crippen LogP contribution in [-0.2, 0) is 9.53 Å². The van der Waals surface area contributed by atoms with Crippen LogP contribution in [0.3, 0.4) is 0 Å². The third-order valence-electron chi connectivity index (χ3n) is 4.64. The Morgan fingerprint density at radius 1 is 1.37 bits per heavy atom. The molecule has 0 bridgehead atoms. The lowest BCUT2D eigenvalue weighted by atomic mass is 9.90. The Morgan fingerprint density at radius 3 is 2.85 bits per heavy atom. The van der Waals surface area contributed by atoms with Crippen molar-refractivity contribution >= 4 is 17.6 Å². The van der Waals surface area contributed by atoms with Crippen molar-refractivity contribution < 1.29 is 9.53 Å². The average molecular weight is 376 g/mol. The number of benzene rings is 1. The third-order valence-corrected chi connectivity index (χ3v) is 4.64. The molecular formula is C20H33N5O2. The smallest absolute Gasteiger partial charge is 0.225 e. The zero-order valence-corrected chi connectivity index (χ0v) is 16.9. The van der Waals surface area contributed by atoms with E-state index in [2.05, 4.69) is 46.0 Å². The summed E-state index contributed by atoms with van der Waals surface area (Å²) in [6, 6.07) is 7.97. The summed E-state index contributed by atoms with van der Waals surface area (Å²) in [5, 5.41) is 9.64. The number of hydrogen-bond acceptors (Lipinski definition) is 4. The van der Waals surface area contributed by atoms with Crippen LogP contribution in [0.2, 0.25) is 0 Å². The summed E-state index contributed by atoms with van der Waals surface area (Å²) in [4.78, 5) is 18.4. The van der Waals surface area contributed by atoms with Crippen LogP contribution in [0.25, 0.3) is 0 Å². The maximum Gasteiger partial charge on any atom is 0.225 e. The second kappa shape index (κ2) is 10.9. The molecule has 150 valence electrons. The van der Waals surface area contributed by atoms with Crippen LogP contribution in [-0.4, -0.2) is 70.3 Å². The number of guanidine groups is 1. The molecule has 1 heterocycles. The number of rotatable bonds is 9. The Hall–Kier alpha value is -2.12. The zero-order valence-electron chi connectivity index (χ0n) is 16.9. The molecule has 0 aliphatic carbocycles. The molecular weight excluding hydrogens is 342 g/mol. The van der Waals surface area contributed by atoms with Crippen molar-refractivity contribution in [3.63, 3.8) is 0 Å². The van der Waals surface area contributed by atoms with Crippen molar-refractivity contribution in [3.05, 3.63) is 29.8 Å². The van der Waals surface area contributed by atoms with Crippen molar-refractivity contribution in [2.45, 2.75) is 31.8 Å². The highest BCUT2D eigenvalue weighted by atomic mass is 16.5. The fourth-order valence-corrected chi connectivity index (χ4v) is 3.22. The van der Waals surface area contributed by atoms with Gasteiger partial charge in [-0.3, -0.25) is 9.79 Å². The molecule has 3 N–H and O–H groups in total. The predicted molar refractivity (Wildman–Crippen MR) is 110 cm³/mol. The fraction of sp³-hybridized carbons (Fsp3) is 0.600. The van der Waals surface area contributed by atoms with Gasteiger partial charge in [-0.1, -0.05) is 18.2 Å². The Labute approximate surface area is 162 Å². The number of amides is 1. The summed E-state index contributed by atoms with van der Waals surface area (Å²) in [5.41, 5.74) is 2.07. The second-order valence-corrected chi connectivity index (χ2v) is 7.04. The number of carbonyl (C=O) groups is 1. The van der Waals surface area contributed by atoms with Crippen LogP contribution >= 0.6 is 0 Å². The topological polar surface area (TPSA) is 78.0 Å². The lowest BCUT2D eigenvalue weighted by molar-refractivity contribution is -0.116. The quantitative estimate of drug-likeness (QED) is 0.452. The van der Waals surface area contributed by atoms with E-state index in [1.54, 1.807) is 7.05 Å². The van der Waals surface area contributed by atoms with E-state index in [4.69, 9.17) is 4.74 Å². The van der Waals surface area contributed by atoms with Crippen LogP contribution < -0.4 is 16.0 Å². The molecule has 27 heavy (non-hydrogen) atoms. The van der Waals surface area contributed by atoms with Crippen molar-refractivity contribution in [1.29, 1.82) is 0 Å². The van der Waals surface area contributed by atoms with E-state index in [1.807, 2.05) is 25.1 Å². The minimum absolute atomic E-state index is 0.0588. The largest absolute Gasteiger partial charge is 0.377 e. The number of para-hydroxylation sites is 1. The van der Waals surface area contributed by atoms with Crippen LogP contribution in [0.15, 0.2) is 29.3 Å². The van der Waals surface area contributed by atoms with Gasteiger partial charge < -0.3 is 25.6 Å². The molecule has 7 nitrogen and oxygen atoms in total. The van der Waals surface area contributed by atoms with Gasteiger partial charge in [0.1, 0.15) is 0 Å². The number of carbonyl (C=O) groups excluding carboxylic acids is 1. The molecule has 1 aromatic carbocycles. The predicted octanol–water partition coefficient (Wildman–Crippen LogP) is 1.63. The van der Waals surface area contributed by atoms with Gasteiger partial charge >= 0.3 is 0 Å². The minimum Gasteiger partial charge on any atom is -0.377 e. The first-order valence-corrected chi connectivity index (χ1v) is 9.63. The lowest BCUT2D eigenvalue weighted by Crippen LogP contribution is -2.44. The SMILES string of the molecule is CCOC(CCN(C)C)CNC(=NC)NCC1CC(=O)Nc2ccccc21. The molecule has 2 rings (SSSR count). The Kier molecular flexibility index (Phi) is 8.54. The molecule has 1 aliphatic heterocycles. The first-order chi connectivity index (χ1) is 13.0. The molecule has 0 saturated heterocycles. The first kappa shape index (κ1) is 21.2. The van der Waals surface area contributed by atoms with Gasteiger partial charge in [0, 0.05) is 51.3 Å². The van der Waals surface area contributed by atoms with Crippen molar-refractivity contribution in [3.8, 4) is 0 Å². The van der Waals surface area contributed by atoms with E-state index in [1.165, 1.54) is 5.56 Å². The highest BCUT2D eigenvalue weighted by Crippen LogP contribution is 2.31. The van der Waals surface area contributed by atoms with Gasteiger partial charge in [0.15, 0.2) is 5.96 Å². The molecule has 0 saturated carbocycles. The molecule has 0 aromatic heterocycles. The molecule has 1 aromatic rings. The highest BCUT2D eigenvalue weighted by Gasteiger charge is 2.24. The standard InChI is InChI=1S/C20H33N5O2/c1-5-27-16(10-11-25(3)4)14-23-20(21-2)22-13-15-12-19(26)24-18-9-7-6-8-17(15)18/h6-9,15-16H,5,10-14H2,1-4H3,(H,24,26)(H2,21,22,23). The summed E-state index contributed by atoms with van der Waals surface area (Å²) in [5.74, 6) is 0.918. The second-order valence-electron chi connectivity index (χ2n) is 7.04. The van der Waals surface area contributed by atoms with Gasteiger partial charge in [-0.15, -0.1) is 0 Å². The fourth-order valence-electron chi connectivity index (χ4n) is 3.22. The van der Waals surface area contributed by atoms with Crippen LogP contribution in [0, 0.1) is 0 Å². The molecule has 2 unspecified atom stereocenters. The minimum atomic E-state index is 0.0588. The van der Waals surface area contributed by atoms with Gasteiger partial charge in [0.25, 0.3) is 0 Å². The zero-order chi connectivity index (χ0) is 19.6. The Balaban J connectivity index is 1.87. The van der Waals surface area contributed by atoms with Gasteiger partial charge in [0.2, 0.25) is 5.91 Å². The monoisotopic (exact) mass is 375 g/mol. The van der Waals surface area contributed by atoms with E-state index in [9.17, 15) is 4.79 Å². The summed E-state index contributed by atoms with van der Waals surface area (Å²) < 4.78 is 5.82. The molecule has 2 atom stereocenters. The van der Waals surface area contributed by atoms with Gasteiger partial charge in [-0.25, -0.2) is 0 Å². The molecule has 0 radical (unpaired) electrons. The first-order valence-electron chi connectivity index (χ1n) is 9.63. The Bertz CT molecular complexity index is 633. The number of nitrogens with one attached hydrogen (secondary N) is 3. The molecule has 0 fully saturated rings. The van der Waals surface area contributed by atoms with E-state index in [-0.39, 0.29) is 17.9 Å². The van der Waals surface area contributed by atoms with Crippen molar-refractivity contribution in [2.24, 2.45) is 4.99 Å². The number of anilines is 1. The molecule has 7 heteroatoms. The summed E-state index contributed by atoms with van der Waals surface area (Å²) in [6.07, 6.45) is 1.57. The summed E-state index contributed by atoms with van der Waals surface area (Å²) in [7, 11) is 5.89. The van der Waals surface area contributed by atoms with Crippen molar-refractivity contribution in [2.75, 3.05) is 52.7 Å².